The lowest BCUT2D eigenvalue weighted by Crippen LogP contribution is -2.49. The number of hydrogen-bond donors (Lipinski definition) is 2. The van der Waals surface area contributed by atoms with Gasteiger partial charge in [0.1, 0.15) is 6.07 Å². The molecule has 9 heteroatoms. The fourth-order valence-corrected chi connectivity index (χ4v) is 4.65. The number of amides is 2. The van der Waals surface area contributed by atoms with Crippen molar-refractivity contribution < 1.29 is 14.1 Å². The molecule has 1 aromatic heterocycles. The Morgan fingerprint density at radius 3 is 2.38 bits per heavy atom. The number of urea groups is 1. The van der Waals surface area contributed by atoms with Crippen molar-refractivity contribution in [1.29, 1.82) is 5.26 Å². The van der Waals surface area contributed by atoms with E-state index in [4.69, 9.17) is 9.31 Å². The second-order valence-corrected chi connectivity index (χ2v) is 10.3. The summed E-state index contributed by atoms with van der Waals surface area (Å²) in [5, 5.41) is 15.3. The lowest BCUT2D eigenvalue weighted by molar-refractivity contribution is 0.00578. The molecule has 0 radical (unpaired) electrons. The first-order valence-electron chi connectivity index (χ1n) is 11.8. The van der Waals surface area contributed by atoms with Crippen LogP contribution in [0.4, 0.5) is 10.5 Å². The zero-order valence-electron chi connectivity index (χ0n) is 20.6. The zero-order chi connectivity index (χ0) is 24.6. The molecular formula is C25H32BN5O3. The zero-order valence-corrected chi connectivity index (χ0v) is 20.6. The van der Waals surface area contributed by atoms with Gasteiger partial charge < -0.3 is 19.9 Å². The Morgan fingerprint density at radius 1 is 1.09 bits per heavy atom. The van der Waals surface area contributed by atoms with E-state index >= 15 is 0 Å². The van der Waals surface area contributed by atoms with Gasteiger partial charge in [-0.05, 0) is 76.7 Å². The van der Waals surface area contributed by atoms with Crippen molar-refractivity contribution >= 4 is 24.3 Å². The topological polar surface area (TPSA) is 109 Å². The van der Waals surface area contributed by atoms with E-state index in [0.29, 0.717) is 11.4 Å². The number of anilines is 1. The fraction of sp³-hybridized carbons (Fsp3) is 0.520. The van der Waals surface area contributed by atoms with Crippen LogP contribution in [0.5, 0.6) is 0 Å². The van der Waals surface area contributed by atoms with E-state index in [1.54, 1.807) is 12.3 Å². The van der Waals surface area contributed by atoms with Crippen molar-refractivity contribution in [1.82, 2.24) is 15.3 Å². The van der Waals surface area contributed by atoms with Crippen molar-refractivity contribution in [3.63, 3.8) is 0 Å². The normalized spacial score (nSPS) is 20.4. The molecule has 1 saturated heterocycles. The summed E-state index contributed by atoms with van der Waals surface area (Å²) in [4.78, 5) is 21.4. The molecule has 0 unspecified atom stereocenters. The van der Waals surface area contributed by atoms with E-state index in [0.717, 1.165) is 43.1 Å². The third kappa shape index (κ3) is 4.66. The van der Waals surface area contributed by atoms with Crippen molar-refractivity contribution in [2.24, 2.45) is 0 Å². The summed E-state index contributed by atoms with van der Waals surface area (Å²) in [6.07, 6.45) is 6.18. The monoisotopic (exact) mass is 461 g/mol. The largest absolute Gasteiger partial charge is 0.495 e. The number of carbonyl (C=O) groups is 1. The average Bonchev–Trinajstić information content (AvgIpc) is 3.01. The van der Waals surface area contributed by atoms with Crippen LogP contribution in [-0.2, 0) is 14.8 Å². The molecule has 0 bridgehead atoms. The SMILES string of the molecule is Cc1cc(NC(=O)NC2(c3ccnc(C#N)n3)CCCCC2)ccc1B1OC(C)(C)C(C)(C)O1. The van der Waals surface area contributed by atoms with Gasteiger partial charge in [0.15, 0.2) is 0 Å². The summed E-state index contributed by atoms with van der Waals surface area (Å²) in [5.41, 5.74) is 1.83. The Kier molecular flexibility index (Phi) is 6.41. The van der Waals surface area contributed by atoms with Crippen LogP contribution in [-0.4, -0.2) is 34.3 Å². The van der Waals surface area contributed by atoms with E-state index in [2.05, 4.69) is 20.6 Å². The summed E-state index contributed by atoms with van der Waals surface area (Å²) >= 11 is 0. The van der Waals surface area contributed by atoms with Gasteiger partial charge >= 0.3 is 13.1 Å². The van der Waals surface area contributed by atoms with Gasteiger partial charge in [0.05, 0.1) is 22.4 Å². The Balaban J connectivity index is 1.50. The molecule has 2 aromatic rings. The number of nitrogens with one attached hydrogen (secondary N) is 2. The van der Waals surface area contributed by atoms with Gasteiger partial charge in [-0.25, -0.2) is 14.8 Å². The van der Waals surface area contributed by atoms with Crippen molar-refractivity contribution in [2.45, 2.75) is 83.5 Å². The molecule has 178 valence electrons. The van der Waals surface area contributed by atoms with E-state index in [9.17, 15) is 10.1 Å². The number of hydrogen-bond acceptors (Lipinski definition) is 6. The lowest BCUT2D eigenvalue weighted by atomic mass is 9.76. The van der Waals surface area contributed by atoms with Crippen molar-refractivity contribution in [3.8, 4) is 6.07 Å². The summed E-state index contributed by atoms with van der Waals surface area (Å²) in [5.74, 6) is 0.110. The highest BCUT2D eigenvalue weighted by atomic mass is 16.7. The first-order valence-corrected chi connectivity index (χ1v) is 11.8. The Hall–Kier alpha value is -2.96. The molecule has 1 aliphatic carbocycles. The maximum Gasteiger partial charge on any atom is 0.495 e. The second-order valence-electron chi connectivity index (χ2n) is 10.3. The summed E-state index contributed by atoms with van der Waals surface area (Å²) in [7, 11) is -0.453. The molecule has 34 heavy (non-hydrogen) atoms. The molecule has 2 N–H and O–H groups in total. The van der Waals surface area contributed by atoms with Crippen LogP contribution in [0.2, 0.25) is 0 Å². The predicted octanol–water partition coefficient (Wildman–Crippen LogP) is 3.94. The molecule has 2 amide bonds. The first kappa shape index (κ1) is 24.2. The number of aromatic nitrogens is 2. The molecule has 1 saturated carbocycles. The lowest BCUT2D eigenvalue weighted by Gasteiger charge is -2.37. The van der Waals surface area contributed by atoms with Crippen LogP contribution in [0.25, 0.3) is 0 Å². The Morgan fingerprint density at radius 2 is 1.76 bits per heavy atom. The summed E-state index contributed by atoms with van der Waals surface area (Å²) in [6.45, 7) is 10.1. The maximum atomic E-state index is 13.1. The molecule has 2 fully saturated rings. The van der Waals surface area contributed by atoms with Gasteiger partial charge in [0.25, 0.3) is 0 Å². The molecule has 8 nitrogen and oxygen atoms in total. The smallest absolute Gasteiger partial charge is 0.399 e. The molecule has 4 rings (SSSR count). The highest BCUT2D eigenvalue weighted by molar-refractivity contribution is 6.62. The molecule has 0 atom stereocenters. The number of carbonyl (C=O) groups excluding carboxylic acids is 1. The maximum absolute atomic E-state index is 13.1. The van der Waals surface area contributed by atoms with Crippen LogP contribution < -0.4 is 16.1 Å². The first-order chi connectivity index (χ1) is 16.1. The molecular weight excluding hydrogens is 429 g/mol. The number of nitrogens with zero attached hydrogens (tertiary/aromatic N) is 3. The quantitative estimate of drug-likeness (QED) is 0.668. The van der Waals surface area contributed by atoms with Crippen LogP contribution in [0.1, 0.15) is 76.9 Å². The Labute approximate surface area is 201 Å². The number of aryl methyl sites for hydroxylation is 1. The van der Waals surface area contributed by atoms with Crippen LogP contribution in [0.3, 0.4) is 0 Å². The minimum absolute atomic E-state index is 0.110. The van der Waals surface area contributed by atoms with Crippen molar-refractivity contribution in [3.05, 3.63) is 47.5 Å². The molecule has 2 heterocycles. The third-order valence-electron chi connectivity index (χ3n) is 7.34. The highest BCUT2D eigenvalue weighted by Crippen LogP contribution is 2.37. The Bertz CT molecular complexity index is 1110. The van der Waals surface area contributed by atoms with Crippen LogP contribution in [0.15, 0.2) is 30.5 Å². The van der Waals surface area contributed by atoms with Gasteiger partial charge in [0, 0.05) is 11.9 Å². The minimum Gasteiger partial charge on any atom is -0.399 e. The number of nitriles is 1. The fourth-order valence-electron chi connectivity index (χ4n) is 4.65. The van der Waals surface area contributed by atoms with Crippen molar-refractivity contribution in [2.75, 3.05) is 5.32 Å². The summed E-state index contributed by atoms with van der Waals surface area (Å²) < 4.78 is 12.4. The van der Waals surface area contributed by atoms with Crippen LogP contribution in [0, 0.1) is 18.3 Å². The van der Waals surface area contributed by atoms with Gasteiger partial charge in [-0.2, -0.15) is 5.26 Å². The van der Waals surface area contributed by atoms with Gasteiger partial charge in [-0.1, -0.05) is 25.3 Å². The van der Waals surface area contributed by atoms with Gasteiger partial charge in [-0.15, -0.1) is 0 Å². The van der Waals surface area contributed by atoms with E-state index in [-0.39, 0.29) is 11.9 Å². The third-order valence-corrected chi connectivity index (χ3v) is 7.34. The van der Waals surface area contributed by atoms with E-state index in [1.165, 1.54) is 0 Å². The van der Waals surface area contributed by atoms with E-state index < -0.39 is 23.9 Å². The molecule has 2 aliphatic rings. The van der Waals surface area contributed by atoms with Crippen LogP contribution >= 0.6 is 0 Å². The highest BCUT2D eigenvalue weighted by Gasteiger charge is 2.52. The minimum atomic E-state index is -0.617. The summed E-state index contributed by atoms with van der Waals surface area (Å²) in [6, 6.07) is 9.19. The predicted molar refractivity (Wildman–Crippen MR) is 131 cm³/mol. The van der Waals surface area contributed by atoms with E-state index in [1.807, 2.05) is 58.9 Å². The standard InChI is InChI=1S/C25H32BN5O3/c1-17-15-18(9-10-19(17)26-33-23(2,3)24(4,5)34-26)29-22(32)31-25(12-7-6-8-13-25)20-11-14-28-21(16-27)30-20/h9-11,14-15H,6-8,12-13H2,1-5H3,(H2,29,31,32). The number of rotatable bonds is 4. The molecule has 0 spiro atoms. The second kappa shape index (κ2) is 9.01. The average molecular weight is 461 g/mol. The molecule has 1 aromatic carbocycles. The van der Waals surface area contributed by atoms with Gasteiger partial charge in [-0.3, -0.25) is 0 Å². The number of benzene rings is 1. The molecule has 1 aliphatic heterocycles. The van der Waals surface area contributed by atoms with Gasteiger partial charge in [0.2, 0.25) is 5.82 Å².